The molecule has 1 aliphatic rings. The maximum Gasteiger partial charge on any atom is 0.319 e. The Morgan fingerprint density at radius 3 is 2.71 bits per heavy atom. The van der Waals surface area contributed by atoms with Gasteiger partial charge in [0.25, 0.3) is 0 Å². The van der Waals surface area contributed by atoms with Crippen molar-refractivity contribution in [1.29, 1.82) is 0 Å². The highest BCUT2D eigenvalue weighted by Crippen LogP contribution is 2.38. The molecule has 1 unspecified atom stereocenters. The Labute approximate surface area is 168 Å². The van der Waals surface area contributed by atoms with Crippen LogP contribution in [0.3, 0.4) is 0 Å². The van der Waals surface area contributed by atoms with Crippen LogP contribution in [-0.4, -0.2) is 46.8 Å². The van der Waals surface area contributed by atoms with Gasteiger partial charge in [0.05, 0.1) is 6.04 Å². The maximum absolute atomic E-state index is 12.3. The van der Waals surface area contributed by atoms with Gasteiger partial charge in [-0.1, -0.05) is 0 Å². The van der Waals surface area contributed by atoms with Gasteiger partial charge in [-0.05, 0) is 73.6 Å². The van der Waals surface area contributed by atoms with E-state index in [1.165, 1.54) is 18.4 Å². The van der Waals surface area contributed by atoms with Crippen molar-refractivity contribution in [3.05, 3.63) is 52.5 Å². The summed E-state index contributed by atoms with van der Waals surface area (Å²) in [6, 6.07) is 9.59. The fourth-order valence-corrected chi connectivity index (χ4v) is 3.78. The number of hydrogen-bond donors (Lipinski definition) is 3. The number of carbonyl (C=O) groups excluding carboxylic acids is 1. The molecule has 2 heterocycles. The summed E-state index contributed by atoms with van der Waals surface area (Å²) in [4.78, 5) is 18.9. The first-order valence-electron chi connectivity index (χ1n) is 9.36. The van der Waals surface area contributed by atoms with Crippen LogP contribution in [-0.2, 0) is 0 Å². The van der Waals surface area contributed by atoms with Crippen molar-refractivity contribution in [3.63, 3.8) is 0 Å². The number of H-pyrrole nitrogens is 1. The monoisotopic (exact) mass is 396 g/mol. The van der Waals surface area contributed by atoms with Crippen molar-refractivity contribution < 1.29 is 4.79 Å². The molecule has 2 amide bonds. The molecule has 1 saturated carbocycles. The Hall–Kier alpha value is -2.71. The van der Waals surface area contributed by atoms with Crippen LogP contribution in [0.25, 0.3) is 11.4 Å². The summed E-state index contributed by atoms with van der Waals surface area (Å²) < 4.78 is 0. The van der Waals surface area contributed by atoms with Crippen LogP contribution in [0.1, 0.15) is 36.2 Å². The minimum Gasteiger partial charge on any atom is -0.336 e. The number of likely N-dealkylation sites (N-methyl/N-ethyl adjacent to an activating group) is 1. The number of amides is 2. The Balaban J connectivity index is 1.32. The molecule has 8 heteroatoms. The standard InChI is InChI=1S/C20H24N6OS/c1-26(2)17(15-9-10-28-12-15)11-21-20(27)22-16-7-5-14(6-8-16)19-23-18(24-25-19)13-3-4-13/h5-10,12-13,17H,3-4,11H2,1-2H3,(H2,21,22,27)(H,23,24,25). The Morgan fingerprint density at radius 2 is 2.07 bits per heavy atom. The molecule has 0 spiro atoms. The SMILES string of the molecule is CN(C)C(CNC(=O)Nc1ccc(-c2n[nH]c(C3CC3)n2)cc1)c1ccsc1. The van der Waals surface area contributed by atoms with Crippen molar-refractivity contribution in [2.75, 3.05) is 26.0 Å². The van der Waals surface area contributed by atoms with E-state index >= 15 is 0 Å². The highest BCUT2D eigenvalue weighted by atomic mass is 32.1. The lowest BCUT2D eigenvalue weighted by Crippen LogP contribution is -2.36. The van der Waals surface area contributed by atoms with E-state index in [9.17, 15) is 4.79 Å². The predicted octanol–water partition coefficient (Wildman–Crippen LogP) is 3.84. The molecule has 4 rings (SSSR count). The predicted molar refractivity (Wildman–Crippen MR) is 112 cm³/mol. The first kappa shape index (κ1) is 18.6. The van der Waals surface area contributed by atoms with Crippen LogP contribution in [0.15, 0.2) is 41.1 Å². The van der Waals surface area contributed by atoms with E-state index in [4.69, 9.17) is 0 Å². The molecular weight excluding hydrogens is 372 g/mol. The first-order chi connectivity index (χ1) is 13.6. The van der Waals surface area contributed by atoms with E-state index in [2.05, 4.69) is 47.5 Å². The zero-order chi connectivity index (χ0) is 19.5. The quantitative estimate of drug-likeness (QED) is 0.566. The Kier molecular flexibility index (Phi) is 5.40. The summed E-state index contributed by atoms with van der Waals surface area (Å²) in [6.45, 7) is 0.536. The van der Waals surface area contributed by atoms with Gasteiger partial charge in [-0.25, -0.2) is 9.78 Å². The van der Waals surface area contributed by atoms with Gasteiger partial charge in [-0.3, -0.25) is 5.10 Å². The van der Waals surface area contributed by atoms with E-state index in [0.717, 1.165) is 17.1 Å². The lowest BCUT2D eigenvalue weighted by Gasteiger charge is -2.24. The van der Waals surface area contributed by atoms with Gasteiger partial charge >= 0.3 is 6.03 Å². The maximum atomic E-state index is 12.3. The van der Waals surface area contributed by atoms with Crippen LogP contribution in [0.2, 0.25) is 0 Å². The molecule has 7 nitrogen and oxygen atoms in total. The third-order valence-electron chi connectivity index (χ3n) is 4.87. The number of nitrogens with zero attached hydrogens (tertiary/aromatic N) is 3. The second kappa shape index (κ2) is 8.12. The van der Waals surface area contributed by atoms with Crippen molar-refractivity contribution in [2.45, 2.75) is 24.8 Å². The number of benzene rings is 1. The second-order valence-electron chi connectivity index (χ2n) is 7.27. The lowest BCUT2D eigenvalue weighted by molar-refractivity contribution is 0.243. The van der Waals surface area contributed by atoms with Crippen LogP contribution < -0.4 is 10.6 Å². The summed E-state index contributed by atoms with van der Waals surface area (Å²) in [5, 5.41) is 17.3. The van der Waals surface area contributed by atoms with Crippen LogP contribution in [0.4, 0.5) is 10.5 Å². The van der Waals surface area contributed by atoms with Gasteiger partial charge < -0.3 is 15.5 Å². The van der Waals surface area contributed by atoms with Gasteiger partial charge in [0, 0.05) is 23.7 Å². The lowest BCUT2D eigenvalue weighted by atomic mass is 10.1. The second-order valence-corrected chi connectivity index (χ2v) is 8.05. The summed E-state index contributed by atoms with van der Waals surface area (Å²) >= 11 is 1.66. The molecule has 3 aromatic rings. The van der Waals surface area contributed by atoms with Crippen LogP contribution in [0.5, 0.6) is 0 Å². The number of carbonyl (C=O) groups is 1. The van der Waals surface area contributed by atoms with Gasteiger partial charge in [0.15, 0.2) is 5.82 Å². The number of thiophene rings is 1. The number of hydrogen-bond acceptors (Lipinski definition) is 5. The molecule has 146 valence electrons. The van der Waals surface area contributed by atoms with Gasteiger partial charge in [0.1, 0.15) is 5.82 Å². The smallest absolute Gasteiger partial charge is 0.319 e. The molecule has 2 aromatic heterocycles. The fraction of sp³-hybridized carbons (Fsp3) is 0.350. The molecule has 1 aromatic carbocycles. The summed E-state index contributed by atoms with van der Waals surface area (Å²) in [5.74, 6) is 2.21. The van der Waals surface area contributed by atoms with E-state index in [0.29, 0.717) is 18.3 Å². The van der Waals surface area contributed by atoms with Gasteiger partial charge in [-0.2, -0.15) is 16.4 Å². The number of nitrogens with one attached hydrogen (secondary N) is 3. The third-order valence-corrected chi connectivity index (χ3v) is 5.58. The Morgan fingerprint density at radius 1 is 1.29 bits per heavy atom. The minimum absolute atomic E-state index is 0.144. The molecule has 0 radical (unpaired) electrons. The number of urea groups is 1. The summed E-state index contributed by atoms with van der Waals surface area (Å²) in [5.41, 5.74) is 2.87. The average Bonchev–Trinajstić information content (AvgIpc) is 3.17. The molecule has 1 aliphatic carbocycles. The minimum atomic E-state index is -0.219. The molecule has 0 bridgehead atoms. The largest absolute Gasteiger partial charge is 0.336 e. The van der Waals surface area contributed by atoms with Crippen molar-refractivity contribution in [2.24, 2.45) is 0 Å². The molecule has 1 atom stereocenters. The van der Waals surface area contributed by atoms with Crippen molar-refractivity contribution in [3.8, 4) is 11.4 Å². The number of aromatic nitrogens is 3. The number of anilines is 1. The zero-order valence-corrected chi connectivity index (χ0v) is 16.8. The third kappa shape index (κ3) is 4.40. The number of rotatable bonds is 7. The summed E-state index contributed by atoms with van der Waals surface area (Å²) in [7, 11) is 4.02. The summed E-state index contributed by atoms with van der Waals surface area (Å²) in [6.07, 6.45) is 2.38. The fourth-order valence-electron chi connectivity index (χ4n) is 3.07. The first-order valence-corrected chi connectivity index (χ1v) is 10.3. The van der Waals surface area contributed by atoms with Crippen molar-refractivity contribution in [1.82, 2.24) is 25.4 Å². The molecule has 1 fully saturated rings. The van der Waals surface area contributed by atoms with E-state index < -0.39 is 0 Å². The number of aromatic amines is 1. The van der Waals surface area contributed by atoms with E-state index in [1.54, 1.807) is 11.3 Å². The van der Waals surface area contributed by atoms with E-state index in [-0.39, 0.29) is 12.1 Å². The van der Waals surface area contributed by atoms with Crippen molar-refractivity contribution >= 4 is 23.1 Å². The zero-order valence-electron chi connectivity index (χ0n) is 16.0. The molecule has 0 saturated heterocycles. The average molecular weight is 397 g/mol. The molecule has 28 heavy (non-hydrogen) atoms. The molecule has 3 N–H and O–H groups in total. The van der Waals surface area contributed by atoms with Crippen LogP contribution >= 0.6 is 11.3 Å². The highest BCUT2D eigenvalue weighted by Gasteiger charge is 2.27. The Bertz CT molecular complexity index is 915. The topological polar surface area (TPSA) is 85.9 Å². The van der Waals surface area contributed by atoms with E-state index in [1.807, 2.05) is 38.4 Å². The molecular formula is C20H24N6OS. The van der Waals surface area contributed by atoms with Gasteiger partial charge in [-0.15, -0.1) is 0 Å². The van der Waals surface area contributed by atoms with Crippen LogP contribution in [0, 0.1) is 0 Å². The van der Waals surface area contributed by atoms with Gasteiger partial charge in [0.2, 0.25) is 0 Å². The normalized spacial score (nSPS) is 14.8. The highest BCUT2D eigenvalue weighted by molar-refractivity contribution is 7.07. The molecule has 0 aliphatic heterocycles.